The van der Waals surface area contributed by atoms with Gasteiger partial charge in [0.1, 0.15) is 11.6 Å². The first-order valence-electron chi connectivity index (χ1n) is 10.7. The summed E-state index contributed by atoms with van der Waals surface area (Å²) in [5.74, 6) is 1.98. The molecule has 0 aliphatic carbocycles. The van der Waals surface area contributed by atoms with Crippen LogP contribution in [0.5, 0.6) is 0 Å². The molecule has 1 aliphatic rings. The molecule has 0 saturated carbocycles. The highest BCUT2D eigenvalue weighted by Crippen LogP contribution is 2.22. The summed E-state index contributed by atoms with van der Waals surface area (Å²) in [7, 11) is 2.10. The van der Waals surface area contributed by atoms with Gasteiger partial charge in [0.15, 0.2) is 0 Å². The Labute approximate surface area is 174 Å². The number of nitrogens with zero attached hydrogens (tertiary/aromatic N) is 5. The minimum absolute atomic E-state index is 0.261. The van der Waals surface area contributed by atoms with E-state index in [0.29, 0.717) is 6.42 Å². The monoisotopic (exact) mass is 395 g/mol. The number of unbranched alkanes of at least 4 members (excludes halogenated alkanes) is 1. The van der Waals surface area contributed by atoms with Gasteiger partial charge in [-0.3, -0.25) is 4.79 Å². The van der Waals surface area contributed by atoms with Crippen molar-refractivity contribution >= 4 is 11.7 Å². The highest BCUT2D eigenvalue weighted by atomic mass is 16.2. The van der Waals surface area contributed by atoms with E-state index in [9.17, 15) is 4.79 Å². The van der Waals surface area contributed by atoms with E-state index in [4.69, 9.17) is 0 Å². The van der Waals surface area contributed by atoms with Gasteiger partial charge in [-0.05, 0) is 26.9 Å². The Morgan fingerprint density at radius 2 is 1.79 bits per heavy atom. The van der Waals surface area contributed by atoms with Gasteiger partial charge >= 0.3 is 0 Å². The van der Waals surface area contributed by atoms with Crippen LogP contribution in [0.2, 0.25) is 0 Å². The number of carbonyl (C=O) groups excluding carboxylic acids is 1. The molecule has 1 aromatic heterocycles. The molecule has 0 atom stereocenters. The van der Waals surface area contributed by atoms with Gasteiger partial charge in [0.05, 0.1) is 5.69 Å². The third-order valence-corrected chi connectivity index (χ3v) is 5.45. The Hall–Kier alpha value is -2.47. The summed E-state index contributed by atoms with van der Waals surface area (Å²) in [6.45, 7) is 9.15. The van der Waals surface area contributed by atoms with E-state index >= 15 is 0 Å². The van der Waals surface area contributed by atoms with Crippen LogP contribution in [-0.4, -0.2) is 72.0 Å². The fourth-order valence-electron chi connectivity index (χ4n) is 3.64. The highest BCUT2D eigenvalue weighted by molar-refractivity contribution is 5.76. The number of piperazine rings is 1. The third-order valence-electron chi connectivity index (χ3n) is 5.45. The molecule has 0 bridgehead atoms. The minimum Gasteiger partial charge on any atom is -0.353 e. The molecule has 1 amide bonds. The van der Waals surface area contributed by atoms with E-state index in [0.717, 1.165) is 62.2 Å². The van der Waals surface area contributed by atoms with Crippen LogP contribution in [0.1, 0.15) is 32.0 Å². The molecular formula is C23H33N5O. The van der Waals surface area contributed by atoms with Crippen LogP contribution in [0.3, 0.4) is 0 Å². The molecule has 2 aromatic rings. The van der Waals surface area contributed by atoms with Crippen molar-refractivity contribution in [3.63, 3.8) is 0 Å². The largest absolute Gasteiger partial charge is 0.353 e. The average Bonchev–Trinajstić information content (AvgIpc) is 2.76. The quantitative estimate of drug-likeness (QED) is 0.687. The lowest BCUT2D eigenvalue weighted by atomic mass is 10.1. The summed E-state index contributed by atoms with van der Waals surface area (Å²) in [5, 5.41) is 0. The van der Waals surface area contributed by atoms with Gasteiger partial charge in [0, 0.05) is 50.8 Å². The number of amides is 1. The molecule has 6 nitrogen and oxygen atoms in total. The third kappa shape index (κ3) is 6.00. The summed E-state index contributed by atoms with van der Waals surface area (Å²) in [6, 6.07) is 12.3. The molecular weight excluding hydrogens is 362 g/mol. The second kappa shape index (κ2) is 10.3. The predicted molar refractivity (Wildman–Crippen MR) is 118 cm³/mol. The van der Waals surface area contributed by atoms with Crippen molar-refractivity contribution in [1.82, 2.24) is 19.8 Å². The zero-order valence-electron chi connectivity index (χ0n) is 18.0. The summed E-state index contributed by atoms with van der Waals surface area (Å²) >= 11 is 0. The zero-order valence-corrected chi connectivity index (χ0v) is 18.0. The lowest BCUT2D eigenvalue weighted by Gasteiger charge is -2.36. The molecule has 1 fully saturated rings. The number of aryl methyl sites for hydroxylation is 1. The average molecular weight is 396 g/mol. The van der Waals surface area contributed by atoms with Gasteiger partial charge in [0.2, 0.25) is 5.91 Å². The van der Waals surface area contributed by atoms with Crippen molar-refractivity contribution < 1.29 is 4.79 Å². The molecule has 2 heterocycles. The lowest BCUT2D eigenvalue weighted by Crippen LogP contribution is -2.49. The van der Waals surface area contributed by atoms with E-state index in [1.54, 1.807) is 0 Å². The Kier molecular flexibility index (Phi) is 7.58. The van der Waals surface area contributed by atoms with Gasteiger partial charge in [-0.15, -0.1) is 0 Å². The van der Waals surface area contributed by atoms with E-state index in [-0.39, 0.29) is 5.91 Å². The smallest absolute Gasteiger partial charge is 0.223 e. The Bertz CT molecular complexity index is 787. The maximum atomic E-state index is 12.6. The number of hydrogen-bond donors (Lipinski definition) is 0. The van der Waals surface area contributed by atoms with Crippen LogP contribution in [-0.2, 0) is 4.79 Å². The minimum atomic E-state index is 0.261. The van der Waals surface area contributed by atoms with Crippen molar-refractivity contribution in [1.29, 1.82) is 0 Å². The lowest BCUT2D eigenvalue weighted by molar-refractivity contribution is -0.131. The van der Waals surface area contributed by atoms with E-state index < -0.39 is 0 Å². The van der Waals surface area contributed by atoms with E-state index in [1.807, 2.05) is 30.0 Å². The van der Waals surface area contributed by atoms with Crippen LogP contribution in [0.25, 0.3) is 11.3 Å². The SMILES string of the molecule is CCCCN(C)CCC(=O)N1CCN(c2cc(-c3ccccc3)nc(C)n2)CC1. The normalized spacial score (nSPS) is 14.5. The van der Waals surface area contributed by atoms with Crippen molar-refractivity contribution in [2.24, 2.45) is 0 Å². The molecule has 3 rings (SSSR count). The van der Waals surface area contributed by atoms with Gasteiger partial charge in [-0.1, -0.05) is 43.7 Å². The molecule has 0 radical (unpaired) electrons. The number of aromatic nitrogens is 2. The first kappa shape index (κ1) is 21.2. The van der Waals surface area contributed by atoms with Crippen LogP contribution in [0.4, 0.5) is 5.82 Å². The molecule has 0 unspecified atom stereocenters. The first-order valence-corrected chi connectivity index (χ1v) is 10.7. The van der Waals surface area contributed by atoms with Gasteiger partial charge in [-0.25, -0.2) is 9.97 Å². The summed E-state index contributed by atoms with van der Waals surface area (Å²) < 4.78 is 0. The summed E-state index contributed by atoms with van der Waals surface area (Å²) in [6.07, 6.45) is 2.98. The first-order chi connectivity index (χ1) is 14.1. The zero-order chi connectivity index (χ0) is 20.6. The fraction of sp³-hybridized carbons (Fsp3) is 0.522. The topological polar surface area (TPSA) is 52.6 Å². The van der Waals surface area contributed by atoms with Gasteiger partial charge in [0.25, 0.3) is 0 Å². The second-order valence-electron chi connectivity index (χ2n) is 7.80. The maximum Gasteiger partial charge on any atom is 0.223 e. The van der Waals surface area contributed by atoms with Crippen molar-refractivity contribution in [2.75, 3.05) is 51.2 Å². The summed E-state index contributed by atoms with van der Waals surface area (Å²) in [4.78, 5) is 28.3. The van der Waals surface area contributed by atoms with Crippen LogP contribution < -0.4 is 4.90 Å². The molecule has 0 N–H and O–H groups in total. The molecule has 1 aromatic carbocycles. The van der Waals surface area contributed by atoms with Crippen LogP contribution in [0, 0.1) is 6.92 Å². The number of anilines is 1. The molecule has 0 spiro atoms. The molecule has 29 heavy (non-hydrogen) atoms. The van der Waals surface area contributed by atoms with Crippen LogP contribution in [0.15, 0.2) is 36.4 Å². The second-order valence-corrected chi connectivity index (χ2v) is 7.80. The maximum absolute atomic E-state index is 12.6. The van der Waals surface area contributed by atoms with Crippen LogP contribution >= 0.6 is 0 Å². The van der Waals surface area contributed by atoms with Gasteiger partial charge < -0.3 is 14.7 Å². The molecule has 156 valence electrons. The molecule has 6 heteroatoms. The predicted octanol–water partition coefficient (Wildman–Crippen LogP) is 3.22. The number of rotatable bonds is 8. The van der Waals surface area contributed by atoms with E-state index in [2.05, 4.69) is 51.9 Å². The Morgan fingerprint density at radius 1 is 1.07 bits per heavy atom. The Balaban J connectivity index is 1.55. The fourth-order valence-corrected chi connectivity index (χ4v) is 3.64. The van der Waals surface area contributed by atoms with Crippen molar-refractivity contribution in [2.45, 2.75) is 33.1 Å². The number of hydrogen-bond acceptors (Lipinski definition) is 5. The number of carbonyl (C=O) groups is 1. The van der Waals surface area contributed by atoms with E-state index in [1.165, 1.54) is 12.8 Å². The molecule has 1 aliphatic heterocycles. The van der Waals surface area contributed by atoms with Crippen molar-refractivity contribution in [3.05, 3.63) is 42.2 Å². The standard InChI is InChI=1S/C23H33N5O/c1-4-5-12-26(3)13-11-23(29)28-16-14-27(15-17-28)22-18-21(24-19(2)25-22)20-9-7-6-8-10-20/h6-10,18H,4-5,11-17H2,1-3H3. The van der Waals surface area contributed by atoms with Crippen molar-refractivity contribution in [3.8, 4) is 11.3 Å². The highest BCUT2D eigenvalue weighted by Gasteiger charge is 2.22. The summed E-state index contributed by atoms with van der Waals surface area (Å²) in [5.41, 5.74) is 2.04. The molecule has 1 saturated heterocycles. The Morgan fingerprint density at radius 3 is 2.48 bits per heavy atom. The van der Waals surface area contributed by atoms with Gasteiger partial charge in [-0.2, -0.15) is 0 Å². The number of benzene rings is 1.